The Labute approximate surface area is 193 Å². The van der Waals surface area contributed by atoms with E-state index in [-0.39, 0.29) is 18.1 Å². The molecule has 10 nitrogen and oxygen atoms in total. The van der Waals surface area contributed by atoms with E-state index in [0.717, 1.165) is 56.9 Å². The van der Waals surface area contributed by atoms with E-state index in [0.29, 0.717) is 13.1 Å². The molecule has 0 saturated carbocycles. The molecule has 4 rings (SSSR count). The van der Waals surface area contributed by atoms with Crippen LogP contribution in [-0.4, -0.2) is 79.4 Å². The third-order valence-electron chi connectivity index (χ3n) is 6.00. The Balaban J connectivity index is 0.00000289. The second kappa shape index (κ2) is 10.8. The summed E-state index contributed by atoms with van der Waals surface area (Å²) in [5.74, 6) is 2.21. The fraction of sp³-hybridized carbons (Fsp3) is 0.619. The second-order valence-electron chi connectivity index (χ2n) is 8.34. The van der Waals surface area contributed by atoms with Gasteiger partial charge in [0, 0.05) is 58.4 Å². The van der Waals surface area contributed by atoms with Crippen LogP contribution in [-0.2, 0) is 0 Å². The van der Waals surface area contributed by atoms with Crippen molar-refractivity contribution in [2.45, 2.75) is 25.7 Å². The van der Waals surface area contributed by atoms with Crippen LogP contribution in [0.15, 0.2) is 15.7 Å². The van der Waals surface area contributed by atoms with Crippen LogP contribution in [0.3, 0.4) is 0 Å². The monoisotopic (exact) mass is 465 g/mol. The van der Waals surface area contributed by atoms with Gasteiger partial charge in [0.15, 0.2) is 5.75 Å². The van der Waals surface area contributed by atoms with Gasteiger partial charge in [-0.2, -0.15) is 9.97 Å². The molecule has 1 aromatic heterocycles. The molecule has 0 radical (unpaired) electrons. The van der Waals surface area contributed by atoms with Crippen LogP contribution in [0, 0.1) is 0 Å². The number of aromatic hydroxyl groups is 1. The van der Waals surface area contributed by atoms with Gasteiger partial charge < -0.3 is 30.4 Å². The van der Waals surface area contributed by atoms with Gasteiger partial charge in [-0.25, -0.2) is 0 Å². The van der Waals surface area contributed by atoms with Crippen LogP contribution in [0.4, 0.5) is 23.3 Å². The summed E-state index contributed by atoms with van der Waals surface area (Å²) in [5, 5.41) is 15.6. The van der Waals surface area contributed by atoms with Crippen LogP contribution in [0.25, 0.3) is 0 Å². The lowest BCUT2D eigenvalue weighted by Gasteiger charge is -2.22. The maximum Gasteiger partial charge on any atom is 0.271 e. The molecule has 0 amide bonds. The minimum atomic E-state index is -0.813. The number of anilines is 4. The Hall–Kier alpha value is -2.59. The Morgan fingerprint density at radius 1 is 0.938 bits per heavy atom. The topological polar surface area (TPSA) is 114 Å². The number of nitrogens with one attached hydrogen (secondary N) is 2. The van der Waals surface area contributed by atoms with Gasteiger partial charge in [-0.1, -0.05) is 0 Å². The molecular formula is C21H32ClN7O3. The highest BCUT2D eigenvalue weighted by Crippen LogP contribution is 2.25. The van der Waals surface area contributed by atoms with E-state index in [1.54, 1.807) is 0 Å². The molecule has 0 atom stereocenters. The summed E-state index contributed by atoms with van der Waals surface area (Å²) < 4.78 is 0. The van der Waals surface area contributed by atoms with Crippen molar-refractivity contribution in [1.82, 2.24) is 14.9 Å². The van der Waals surface area contributed by atoms with Crippen molar-refractivity contribution >= 4 is 35.7 Å². The van der Waals surface area contributed by atoms with Crippen molar-refractivity contribution < 1.29 is 5.11 Å². The molecule has 0 aliphatic carbocycles. The van der Waals surface area contributed by atoms with Gasteiger partial charge in [-0.3, -0.25) is 9.59 Å². The summed E-state index contributed by atoms with van der Waals surface area (Å²) in [6, 6.07) is 2.04. The maximum atomic E-state index is 11.3. The average Bonchev–Trinajstić information content (AvgIpc) is 3.50. The number of hydrogen-bond donors (Lipinski definition) is 3. The first kappa shape index (κ1) is 24.1. The van der Waals surface area contributed by atoms with Gasteiger partial charge in [-0.05, 0) is 32.7 Å². The molecule has 2 aliphatic rings. The van der Waals surface area contributed by atoms with Crippen molar-refractivity contribution in [1.29, 1.82) is 0 Å². The lowest BCUT2D eigenvalue weighted by Crippen LogP contribution is -2.36. The predicted octanol–water partition coefficient (Wildman–Crippen LogP) is 0.856. The molecular weight excluding hydrogens is 434 g/mol. The number of hydrogen-bond acceptors (Lipinski definition) is 10. The third-order valence-corrected chi connectivity index (χ3v) is 6.00. The molecule has 11 heteroatoms. The molecule has 0 spiro atoms. The smallest absolute Gasteiger partial charge is 0.271 e. The number of rotatable bonds is 10. The predicted molar refractivity (Wildman–Crippen MR) is 130 cm³/mol. The quantitative estimate of drug-likeness (QED) is 0.436. The molecule has 1 aromatic carbocycles. The molecule has 2 aromatic rings. The SMILES string of the molecule is CN(CCNc1cc(N2CCCC2)nc(N2CCCC2)n1)CCNc1c(O)c(=O)c1=O.Cl. The van der Waals surface area contributed by atoms with E-state index in [1.165, 1.54) is 25.7 Å². The standard InChI is InChI=1S/C21H31N7O3.ClH/c1-26(13-7-23-17-18(29)20(31)19(17)30)12-6-22-15-14-16(27-8-2-3-9-27)25-21(24-15)28-10-4-5-11-28;/h14,23,29H,2-13H2,1H3,(H,22,24,25);1H. The largest absolute Gasteiger partial charge is 0.502 e. The average molecular weight is 466 g/mol. The van der Waals surface area contributed by atoms with Crippen LogP contribution in [0.5, 0.6) is 5.75 Å². The van der Waals surface area contributed by atoms with E-state index >= 15 is 0 Å². The fourth-order valence-electron chi connectivity index (χ4n) is 4.08. The molecule has 176 valence electrons. The zero-order valence-electron chi connectivity index (χ0n) is 18.5. The van der Waals surface area contributed by atoms with Gasteiger partial charge in [0.2, 0.25) is 5.95 Å². The molecule has 2 aliphatic heterocycles. The fourth-order valence-corrected chi connectivity index (χ4v) is 4.08. The molecule has 0 unspecified atom stereocenters. The highest BCUT2D eigenvalue weighted by Gasteiger charge is 2.21. The summed E-state index contributed by atoms with van der Waals surface area (Å²) in [4.78, 5) is 38.7. The highest BCUT2D eigenvalue weighted by molar-refractivity contribution is 5.85. The van der Waals surface area contributed by atoms with Crippen molar-refractivity contribution in [2.75, 3.05) is 79.8 Å². The zero-order valence-corrected chi connectivity index (χ0v) is 19.3. The van der Waals surface area contributed by atoms with Crippen molar-refractivity contribution in [3.05, 3.63) is 26.5 Å². The van der Waals surface area contributed by atoms with Gasteiger partial charge in [-0.15, -0.1) is 12.4 Å². The summed E-state index contributed by atoms with van der Waals surface area (Å²) in [7, 11) is 1.98. The Kier molecular flexibility index (Phi) is 8.14. The van der Waals surface area contributed by atoms with Crippen LogP contribution in [0.2, 0.25) is 0 Å². The Morgan fingerprint density at radius 3 is 2.16 bits per heavy atom. The van der Waals surface area contributed by atoms with Gasteiger partial charge >= 0.3 is 0 Å². The van der Waals surface area contributed by atoms with E-state index in [4.69, 9.17) is 9.97 Å². The second-order valence-corrected chi connectivity index (χ2v) is 8.34. The Bertz CT molecular complexity index is 933. The number of halogens is 1. The first-order valence-corrected chi connectivity index (χ1v) is 11.1. The molecule has 32 heavy (non-hydrogen) atoms. The molecule has 2 fully saturated rings. The van der Waals surface area contributed by atoms with E-state index < -0.39 is 16.6 Å². The van der Waals surface area contributed by atoms with Crippen LogP contribution >= 0.6 is 12.4 Å². The molecule has 3 N–H and O–H groups in total. The highest BCUT2D eigenvalue weighted by atomic mass is 35.5. The maximum absolute atomic E-state index is 11.3. The third kappa shape index (κ3) is 5.42. The summed E-state index contributed by atoms with van der Waals surface area (Å²) >= 11 is 0. The number of likely N-dealkylation sites (N-methyl/N-ethyl adjacent to an activating group) is 1. The number of nitrogens with zero attached hydrogens (tertiary/aromatic N) is 5. The van der Waals surface area contributed by atoms with Crippen molar-refractivity contribution in [3.63, 3.8) is 0 Å². The first-order chi connectivity index (χ1) is 15.0. The summed E-state index contributed by atoms with van der Waals surface area (Å²) in [6.07, 6.45) is 4.79. The normalized spacial score (nSPS) is 16.1. The summed E-state index contributed by atoms with van der Waals surface area (Å²) in [5.41, 5.74) is -1.43. The minimum absolute atomic E-state index is 0. The lowest BCUT2D eigenvalue weighted by molar-refractivity contribution is 0.360. The van der Waals surface area contributed by atoms with Gasteiger partial charge in [0.1, 0.15) is 17.3 Å². The van der Waals surface area contributed by atoms with E-state index in [2.05, 4.69) is 25.3 Å². The van der Waals surface area contributed by atoms with E-state index in [1.807, 2.05) is 13.1 Å². The summed E-state index contributed by atoms with van der Waals surface area (Å²) in [6.45, 7) is 6.76. The molecule has 3 heterocycles. The van der Waals surface area contributed by atoms with Gasteiger partial charge in [0.05, 0.1) is 0 Å². The van der Waals surface area contributed by atoms with Crippen molar-refractivity contribution in [3.8, 4) is 5.75 Å². The van der Waals surface area contributed by atoms with E-state index in [9.17, 15) is 14.7 Å². The van der Waals surface area contributed by atoms with Crippen molar-refractivity contribution in [2.24, 2.45) is 0 Å². The lowest BCUT2D eigenvalue weighted by atomic mass is 10.2. The van der Waals surface area contributed by atoms with Crippen LogP contribution in [0.1, 0.15) is 25.7 Å². The first-order valence-electron chi connectivity index (χ1n) is 11.1. The number of aromatic nitrogens is 2. The zero-order chi connectivity index (χ0) is 21.8. The molecule has 0 bridgehead atoms. The Morgan fingerprint density at radius 2 is 1.53 bits per heavy atom. The minimum Gasteiger partial charge on any atom is -0.502 e. The van der Waals surface area contributed by atoms with Gasteiger partial charge in [0.25, 0.3) is 10.9 Å². The molecule has 2 saturated heterocycles. The van der Waals surface area contributed by atoms with Crippen LogP contribution < -0.4 is 31.3 Å².